The summed E-state index contributed by atoms with van der Waals surface area (Å²) in [5.74, 6) is 6.74. The fraction of sp³-hybridized carbons (Fsp3) is 0.417. The first kappa shape index (κ1) is 9.23. The maximum absolute atomic E-state index is 5.44. The SMILES string of the molecule is CCO[C@@H]1C[C@H]1C#Cc1cccnc1. The minimum atomic E-state index is 0.379. The van der Waals surface area contributed by atoms with Gasteiger partial charge < -0.3 is 4.74 Å². The monoisotopic (exact) mass is 187 g/mol. The van der Waals surface area contributed by atoms with Gasteiger partial charge in [-0.1, -0.05) is 11.8 Å². The van der Waals surface area contributed by atoms with Crippen LogP contribution >= 0.6 is 0 Å². The molecule has 72 valence electrons. The Hall–Kier alpha value is -1.33. The molecule has 0 spiro atoms. The molecule has 0 saturated heterocycles. The van der Waals surface area contributed by atoms with Crippen molar-refractivity contribution in [3.8, 4) is 11.8 Å². The molecule has 14 heavy (non-hydrogen) atoms. The van der Waals surface area contributed by atoms with Crippen molar-refractivity contribution in [2.75, 3.05) is 6.61 Å². The lowest BCUT2D eigenvalue weighted by Gasteiger charge is -1.92. The van der Waals surface area contributed by atoms with Crippen LogP contribution in [0, 0.1) is 17.8 Å². The molecule has 0 aliphatic heterocycles. The van der Waals surface area contributed by atoms with E-state index in [0.29, 0.717) is 12.0 Å². The molecule has 0 bridgehead atoms. The maximum atomic E-state index is 5.44. The van der Waals surface area contributed by atoms with E-state index in [1.54, 1.807) is 12.4 Å². The average Bonchev–Trinajstić information content (AvgIpc) is 2.96. The lowest BCUT2D eigenvalue weighted by Crippen LogP contribution is -1.94. The number of hydrogen-bond acceptors (Lipinski definition) is 2. The fourth-order valence-corrected chi connectivity index (χ4v) is 1.33. The van der Waals surface area contributed by atoms with Crippen molar-refractivity contribution < 1.29 is 4.74 Å². The minimum absolute atomic E-state index is 0.379. The van der Waals surface area contributed by atoms with Gasteiger partial charge in [0.05, 0.1) is 6.10 Å². The summed E-state index contributed by atoms with van der Waals surface area (Å²) >= 11 is 0. The van der Waals surface area contributed by atoms with Crippen molar-refractivity contribution in [3.63, 3.8) is 0 Å². The zero-order chi connectivity index (χ0) is 9.80. The van der Waals surface area contributed by atoms with Crippen molar-refractivity contribution in [2.24, 2.45) is 5.92 Å². The van der Waals surface area contributed by atoms with Crippen LogP contribution in [0.25, 0.3) is 0 Å². The summed E-state index contributed by atoms with van der Waals surface area (Å²) in [6.45, 7) is 2.81. The summed E-state index contributed by atoms with van der Waals surface area (Å²) in [7, 11) is 0. The quantitative estimate of drug-likeness (QED) is 0.659. The first-order valence-electron chi connectivity index (χ1n) is 4.93. The van der Waals surface area contributed by atoms with Crippen LogP contribution in [-0.2, 0) is 4.74 Å². The minimum Gasteiger partial charge on any atom is -0.377 e. The number of ether oxygens (including phenoxy) is 1. The summed E-state index contributed by atoms with van der Waals surface area (Å²) in [6, 6.07) is 3.87. The Kier molecular flexibility index (Phi) is 2.81. The highest BCUT2D eigenvalue weighted by molar-refractivity contribution is 5.33. The van der Waals surface area contributed by atoms with Crippen molar-refractivity contribution >= 4 is 0 Å². The van der Waals surface area contributed by atoms with E-state index in [0.717, 1.165) is 18.6 Å². The van der Waals surface area contributed by atoms with Gasteiger partial charge in [-0.3, -0.25) is 4.98 Å². The first-order chi connectivity index (χ1) is 6.90. The molecule has 2 nitrogen and oxygen atoms in total. The Balaban J connectivity index is 1.90. The highest BCUT2D eigenvalue weighted by atomic mass is 16.5. The van der Waals surface area contributed by atoms with Crippen LogP contribution in [0.3, 0.4) is 0 Å². The van der Waals surface area contributed by atoms with E-state index in [1.165, 1.54) is 0 Å². The molecule has 0 radical (unpaired) electrons. The normalized spacial score (nSPS) is 23.8. The second kappa shape index (κ2) is 4.26. The van der Waals surface area contributed by atoms with Gasteiger partial charge >= 0.3 is 0 Å². The third kappa shape index (κ3) is 2.34. The molecule has 1 heterocycles. The molecule has 2 atom stereocenters. The molecular formula is C12H13NO. The topological polar surface area (TPSA) is 22.1 Å². The van der Waals surface area contributed by atoms with Gasteiger partial charge in [0.15, 0.2) is 0 Å². The second-order valence-electron chi connectivity index (χ2n) is 3.35. The van der Waals surface area contributed by atoms with E-state index in [4.69, 9.17) is 4.74 Å². The third-order valence-corrected chi connectivity index (χ3v) is 2.18. The Morgan fingerprint density at radius 3 is 3.29 bits per heavy atom. The van der Waals surface area contributed by atoms with Gasteiger partial charge in [-0.15, -0.1) is 0 Å². The number of pyridine rings is 1. The van der Waals surface area contributed by atoms with Crippen molar-refractivity contribution in [2.45, 2.75) is 19.4 Å². The highest BCUT2D eigenvalue weighted by Gasteiger charge is 2.36. The molecule has 0 amide bonds. The zero-order valence-corrected chi connectivity index (χ0v) is 8.23. The smallest absolute Gasteiger partial charge is 0.0726 e. The Bertz CT molecular complexity index is 350. The van der Waals surface area contributed by atoms with E-state index in [1.807, 2.05) is 19.1 Å². The van der Waals surface area contributed by atoms with Gasteiger partial charge in [-0.05, 0) is 25.5 Å². The summed E-state index contributed by atoms with van der Waals surface area (Å²) in [4.78, 5) is 4.00. The number of rotatable bonds is 2. The Morgan fingerprint density at radius 2 is 2.57 bits per heavy atom. The van der Waals surface area contributed by atoms with Gasteiger partial charge in [0.1, 0.15) is 0 Å². The van der Waals surface area contributed by atoms with Crippen LogP contribution in [0.5, 0.6) is 0 Å². The van der Waals surface area contributed by atoms with Crippen LogP contribution in [-0.4, -0.2) is 17.7 Å². The van der Waals surface area contributed by atoms with E-state index in [-0.39, 0.29) is 0 Å². The van der Waals surface area contributed by atoms with Gasteiger partial charge in [-0.25, -0.2) is 0 Å². The van der Waals surface area contributed by atoms with Crippen LogP contribution < -0.4 is 0 Å². The largest absolute Gasteiger partial charge is 0.377 e. The summed E-state index contributed by atoms with van der Waals surface area (Å²) in [6.07, 6.45) is 5.00. The number of nitrogens with zero attached hydrogens (tertiary/aromatic N) is 1. The molecule has 0 aromatic carbocycles. The van der Waals surface area contributed by atoms with Crippen LogP contribution in [0.4, 0.5) is 0 Å². The summed E-state index contributed by atoms with van der Waals surface area (Å²) in [5.41, 5.74) is 0.981. The van der Waals surface area contributed by atoms with E-state index in [9.17, 15) is 0 Å². The lowest BCUT2D eigenvalue weighted by molar-refractivity contribution is 0.127. The third-order valence-electron chi connectivity index (χ3n) is 2.18. The van der Waals surface area contributed by atoms with E-state index >= 15 is 0 Å². The molecular weight excluding hydrogens is 174 g/mol. The molecule has 0 unspecified atom stereocenters. The predicted molar refractivity (Wildman–Crippen MR) is 54.6 cm³/mol. The second-order valence-corrected chi connectivity index (χ2v) is 3.35. The number of aromatic nitrogens is 1. The molecule has 1 saturated carbocycles. The molecule has 1 fully saturated rings. The zero-order valence-electron chi connectivity index (χ0n) is 8.23. The molecule has 1 aromatic heterocycles. The van der Waals surface area contributed by atoms with Crippen LogP contribution in [0.2, 0.25) is 0 Å². The van der Waals surface area contributed by atoms with Gasteiger partial charge in [0, 0.05) is 30.5 Å². The molecule has 1 aromatic rings. The van der Waals surface area contributed by atoms with Crippen molar-refractivity contribution in [3.05, 3.63) is 30.1 Å². The Morgan fingerprint density at radius 1 is 1.64 bits per heavy atom. The molecule has 2 heteroatoms. The van der Waals surface area contributed by atoms with Gasteiger partial charge in [0.2, 0.25) is 0 Å². The predicted octanol–water partition coefficient (Wildman–Crippen LogP) is 1.86. The lowest BCUT2D eigenvalue weighted by atomic mass is 10.3. The average molecular weight is 187 g/mol. The highest BCUT2D eigenvalue weighted by Crippen LogP contribution is 2.32. The molecule has 1 aliphatic carbocycles. The van der Waals surface area contributed by atoms with E-state index < -0.39 is 0 Å². The van der Waals surface area contributed by atoms with Crippen molar-refractivity contribution in [1.29, 1.82) is 0 Å². The standard InChI is InChI=1S/C12H13NO/c1-2-14-12-8-11(12)6-5-10-4-3-7-13-9-10/h3-4,7,9,11-12H,2,8H2,1H3/t11-,12-/m1/s1. The van der Waals surface area contributed by atoms with Gasteiger partial charge in [-0.2, -0.15) is 0 Å². The fourth-order valence-electron chi connectivity index (χ4n) is 1.33. The molecule has 0 N–H and O–H groups in total. The van der Waals surface area contributed by atoms with Crippen molar-refractivity contribution in [1.82, 2.24) is 4.98 Å². The molecule has 2 rings (SSSR count). The summed E-state index contributed by atoms with van der Waals surface area (Å²) in [5, 5.41) is 0. The van der Waals surface area contributed by atoms with Gasteiger partial charge in [0.25, 0.3) is 0 Å². The Labute approximate surface area is 84.3 Å². The van der Waals surface area contributed by atoms with Crippen LogP contribution in [0.1, 0.15) is 18.9 Å². The maximum Gasteiger partial charge on any atom is 0.0726 e. The molecule has 1 aliphatic rings. The first-order valence-corrected chi connectivity index (χ1v) is 4.93. The van der Waals surface area contributed by atoms with Crippen LogP contribution in [0.15, 0.2) is 24.5 Å². The number of hydrogen-bond donors (Lipinski definition) is 0. The van der Waals surface area contributed by atoms with E-state index in [2.05, 4.69) is 16.8 Å². The summed E-state index contributed by atoms with van der Waals surface area (Å²) < 4.78 is 5.44.